The van der Waals surface area contributed by atoms with E-state index in [1.54, 1.807) is 49.1 Å². The molecule has 13 heteroatoms. The van der Waals surface area contributed by atoms with Gasteiger partial charge in [-0.15, -0.1) is 11.3 Å². The number of thiophene rings is 1. The first kappa shape index (κ1) is 32.5. The van der Waals surface area contributed by atoms with Crippen LogP contribution in [0.4, 0.5) is 17.2 Å². The minimum Gasteiger partial charge on any atom is -0.392 e. The minimum absolute atomic E-state index is 0.228. The summed E-state index contributed by atoms with van der Waals surface area (Å²) >= 11 is 1.54. The zero-order valence-corrected chi connectivity index (χ0v) is 29.0. The number of ether oxygens (including phenoxy) is 1. The quantitative estimate of drug-likeness (QED) is 0.229. The minimum atomic E-state index is -0.378. The number of hydrogen-bond acceptors (Lipinski definition) is 11. The molecule has 0 aromatic carbocycles. The third-order valence-electron chi connectivity index (χ3n) is 10.1. The summed E-state index contributed by atoms with van der Waals surface area (Å²) in [6, 6.07) is 8.17. The Bertz CT molecular complexity index is 2200. The number of fused-ring (bicyclic) bond motifs is 3. The van der Waals surface area contributed by atoms with Crippen molar-refractivity contribution in [1.82, 2.24) is 29.2 Å². The van der Waals surface area contributed by atoms with Crippen molar-refractivity contribution >= 4 is 38.6 Å². The maximum atomic E-state index is 13.8. The molecule has 12 nitrogen and oxygen atoms in total. The Morgan fingerprint density at radius 2 is 1.94 bits per heavy atom. The summed E-state index contributed by atoms with van der Waals surface area (Å²) in [5.74, 6) is 0.804. The molecule has 2 saturated heterocycles. The first-order valence-corrected chi connectivity index (χ1v) is 18.0. The van der Waals surface area contributed by atoms with Gasteiger partial charge < -0.3 is 24.6 Å². The van der Waals surface area contributed by atoms with Crippen molar-refractivity contribution in [1.29, 1.82) is 0 Å². The van der Waals surface area contributed by atoms with Crippen LogP contribution < -0.4 is 21.3 Å². The molecule has 3 aliphatic rings. The van der Waals surface area contributed by atoms with Gasteiger partial charge in [0.2, 0.25) is 0 Å². The fourth-order valence-corrected chi connectivity index (χ4v) is 8.70. The lowest BCUT2D eigenvalue weighted by molar-refractivity contribution is -0.0682. The van der Waals surface area contributed by atoms with Crippen molar-refractivity contribution < 1.29 is 9.84 Å². The van der Waals surface area contributed by atoms with E-state index >= 15 is 0 Å². The fourth-order valence-electron chi connectivity index (χ4n) is 7.41. The Kier molecular flexibility index (Phi) is 8.81. The molecule has 0 bridgehead atoms. The van der Waals surface area contributed by atoms with E-state index in [2.05, 4.69) is 37.4 Å². The van der Waals surface area contributed by atoms with Crippen molar-refractivity contribution in [2.45, 2.75) is 51.3 Å². The molecule has 0 spiro atoms. The Balaban J connectivity index is 1.08. The summed E-state index contributed by atoms with van der Waals surface area (Å²) in [7, 11) is 1.68. The van der Waals surface area contributed by atoms with E-state index in [9.17, 15) is 14.7 Å². The van der Waals surface area contributed by atoms with Crippen LogP contribution in [0.2, 0.25) is 0 Å². The molecule has 50 heavy (non-hydrogen) atoms. The van der Waals surface area contributed by atoms with E-state index in [1.165, 1.54) is 19.7 Å². The summed E-state index contributed by atoms with van der Waals surface area (Å²) in [5.41, 5.74) is 3.87. The number of nitrogens with one attached hydrogen (secondary N) is 1. The predicted octanol–water partition coefficient (Wildman–Crippen LogP) is 4.18. The Labute approximate surface area is 293 Å². The van der Waals surface area contributed by atoms with Crippen molar-refractivity contribution in [3.63, 3.8) is 0 Å². The molecule has 1 aliphatic carbocycles. The van der Waals surface area contributed by atoms with Gasteiger partial charge >= 0.3 is 0 Å². The van der Waals surface area contributed by atoms with Crippen LogP contribution in [0, 0.1) is 0 Å². The van der Waals surface area contributed by atoms with Gasteiger partial charge in [0.15, 0.2) is 5.82 Å². The van der Waals surface area contributed by atoms with Gasteiger partial charge in [0.25, 0.3) is 11.1 Å². The Hall–Kier alpha value is -4.69. The highest BCUT2D eigenvalue weighted by Crippen LogP contribution is 2.35. The van der Waals surface area contributed by atoms with Crippen LogP contribution in [0.1, 0.15) is 35.8 Å². The van der Waals surface area contributed by atoms with Gasteiger partial charge in [0.05, 0.1) is 50.0 Å². The van der Waals surface area contributed by atoms with Gasteiger partial charge in [-0.05, 0) is 68.0 Å². The summed E-state index contributed by atoms with van der Waals surface area (Å²) in [5, 5.41) is 19.3. The standard InChI is InChI=1S/C37H40N8O4S/c1-3-6-25-19-43(26-21-49-22-26)13-14-44(25)24-9-10-33(39-16-24)41-31-15-23(18-42(2)36(31)47)27-11-12-38-35(30(27)20-46)45-37(48)34-29(17-40-45)28-7-4-5-8-32(28)50-34/h3,6,9-12,15-18,25-26,46H,4-5,7-8,13-14,19-22H2,1-2H3,(H,39,41)/b6-3+. The molecule has 0 radical (unpaired) electrons. The number of hydrogen-bond donors (Lipinski definition) is 2. The van der Waals surface area contributed by atoms with Crippen LogP contribution in [0.25, 0.3) is 27.0 Å². The molecule has 8 rings (SSSR count). The van der Waals surface area contributed by atoms with Crippen molar-refractivity contribution in [2.75, 3.05) is 43.1 Å². The summed E-state index contributed by atoms with van der Waals surface area (Å²) in [6.07, 6.45) is 15.4. The maximum absolute atomic E-state index is 13.8. The molecule has 258 valence electrons. The molecule has 5 aromatic rings. The average molecular weight is 693 g/mol. The van der Waals surface area contributed by atoms with Crippen molar-refractivity contribution in [2.24, 2.45) is 7.05 Å². The largest absolute Gasteiger partial charge is 0.392 e. The zero-order valence-electron chi connectivity index (χ0n) is 28.2. The second kappa shape index (κ2) is 13.6. The molecule has 0 amide bonds. The SMILES string of the molecule is C/C=C/C1CN(C2COC2)CCN1c1ccc(Nc2cc(-c3ccnc(-n4ncc5c6c(sc5c4=O)CCCC6)c3CO)cn(C)c2=O)nc1. The third-order valence-corrected chi connectivity index (χ3v) is 11.4. The third kappa shape index (κ3) is 5.83. The second-order valence-corrected chi connectivity index (χ2v) is 14.3. The predicted molar refractivity (Wildman–Crippen MR) is 196 cm³/mol. The molecular weight excluding hydrogens is 653 g/mol. The highest BCUT2D eigenvalue weighted by molar-refractivity contribution is 7.19. The Morgan fingerprint density at radius 3 is 2.70 bits per heavy atom. The van der Waals surface area contributed by atoms with Gasteiger partial charge in [-0.3, -0.25) is 14.5 Å². The number of aromatic nitrogens is 5. The normalized spacial score (nSPS) is 18.5. The number of rotatable bonds is 8. The molecule has 1 unspecified atom stereocenters. The molecule has 1 atom stereocenters. The smallest absolute Gasteiger partial charge is 0.290 e. The summed E-state index contributed by atoms with van der Waals surface area (Å²) < 4.78 is 8.87. The second-order valence-electron chi connectivity index (χ2n) is 13.2. The Morgan fingerprint density at radius 1 is 1.08 bits per heavy atom. The van der Waals surface area contributed by atoms with Crippen LogP contribution in [0.15, 0.2) is 70.8 Å². The van der Waals surface area contributed by atoms with E-state index in [4.69, 9.17) is 9.72 Å². The number of allylic oxidation sites excluding steroid dienone is 1. The van der Waals surface area contributed by atoms with Crippen LogP contribution in [0.5, 0.6) is 0 Å². The fraction of sp³-hybridized carbons (Fsp3) is 0.378. The van der Waals surface area contributed by atoms with Gasteiger partial charge in [-0.25, -0.2) is 9.97 Å². The van der Waals surface area contributed by atoms with E-state index in [-0.39, 0.29) is 29.6 Å². The van der Waals surface area contributed by atoms with Crippen LogP contribution >= 0.6 is 11.3 Å². The first-order valence-electron chi connectivity index (χ1n) is 17.2. The average Bonchev–Trinajstić information content (AvgIpc) is 3.50. The number of aryl methyl sites for hydroxylation is 3. The number of piperazine rings is 1. The van der Waals surface area contributed by atoms with Gasteiger partial charge in [0, 0.05) is 60.5 Å². The summed E-state index contributed by atoms with van der Waals surface area (Å²) in [4.78, 5) is 42.4. The number of pyridine rings is 3. The van der Waals surface area contributed by atoms with Crippen LogP contribution in [-0.2, 0) is 31.2 Å². The highest BCUT2D eigenvalue weighted by Gasteiger charge is 2.33. The van der Waals surface area contributed by atoms with Crippen molar-refractivity contribution in [3.05, 3.63) is 97.9 Å². The molecule has 5 aromatic heterocycles. The topological polar surface area (TPSA) is 131 Å². The van der Waals surface area contributed by atoms with E-state index < -0.39 is 0 Å². The molecule has 2 fully saturated rings. The first-order chi connectivity index (χ1) is 24.4. The molecular formula is C37H40N8O4S. The van der Waals surface area contributed by atoms with E-state index in [0.717, 1.165) is 69.6 Å². The zero-order chi connectivity index (χ0) is 34.4. The van der Waals surface area contributed by atoms with Gasteiger partial charge in [0.1, 0.15) is 16.2 Å². The van der Waals surface area contributed by atoms with E-state index in [0.29, 0.717) is 38.9 Å². The number of aliphatic hydroxyl groups excluding tert-OH is 1. The maximum Gasteiger partial charge on any atom is 0.290 e. The van der Waals surface area contributed by atoms with Gasteiger partial charge in [-0.1, -0.05) is 12.2 Å². The highest BCUT2D eigenvalue weighted by atomic mass is 32.1. The number of nitrogens with zero attached hydrogens (tertiary/aromatic N) is 7. The van der Waals surface area contributed by atoms with Crippen molar-refractivity contribution in [3.8, 4) is 16.9 Å². The lowest BCUT2D eigenvalue weighted by Gasteiger charge is -2.46. The number of anilines is 3. The lowest BCUT2D eigenvalue weighted by Crippen LogP contribution is -2.60. The lowest BCUT2D eigenvalue weighted by atomic mass is 9.97. The monoisotopic (exact) mass is 692 g/mol. The molecule has 0 saturated carbocycles. The van der Waals surface area contributed by atoms with Crippen LogP contribution in [-0.4, -0.2) is 79.3 Å². The van der Waals surface area contributed by atoms with E-state index in [1.807, 2.05) is 25.3 Å². The van der Waals surface area contributed by atoms with Gasteiger partial charge in [-0.2, -0.15) is 9.78 Å². The van der Waals surface area contributed by atoms with Crippen LogP contribution in [0.3, 0.4) is 0 Å². The molecule has 7 heterocycles. The number of aliphatic hydroxyl groups is 1. The molecule has 2 N–H and O–H groups in total. The summed E-state index contributed by atoms with van der Waals surface area (Å²) in [6.45, 7) is 6.06. The molecule has 2 aliphatic heterocycles.